The van der Waals surface area contributed by atoms with Gasteiger partial charge in [0, 0.05) is 12.8 Å². The standard InChI is InChI=1S/C20H25F13O2/c1-9-10(2)12-5-11(9)6-14(12,21)8-16(19(28,29)30,20(31,32)33)35-13(3,4)7-15(34,17(22,23)24)18(25,26)27/h9-12,34H,5-8H2,1-4H3. The lowest BCUT2D eigenvalue weighted by Gasteiger charge is -2.48. The molecule has 0 spiro atoms. The van der Waals surface area contributed by atoms with Crippen molar-refractivity contribution in [3.63, 3.8) is 0 Å². The summed E-state index contributed by atoms with van der Waals surface area (Å²) in [5, 5.41) is 9.34. The summed E-state index contributed by atoms with van der Waals surface area (Å²) < 4.78 is 182. The summed E-state index contributed by atoms with van der Waals surface area (Å²) >= 11 is 0. The smallest absolute Gasteiger partial charge is 0.374 e. The van der Waals surface area contributed by atoms with Crippen LogP contribution in [0.2, 0.25) is 0 Å². The summed E-state index contributed by atoms with van der Waals surface area (Å²) in [4.78, 5) is 0. The first-order valence-electron chi connectivity index (χ1n) is 10.5. The van der Waals surface area contributed by atoms with Crippen LogP contribution < -0.4 is 0 Å². The predicted octanol–water partition coefficient (Wildman–Crippen LogP) is 7.30. The molecule has 2 fully saturated rings. The van der Waals surface area contributed by atoms with Gasteiger partial charge in [0.2, 0.25) is 0 Å². The summed E-state index contributed by atoms with van der Waals surface area (Å²) in [6.45, 7) is 3.32. The maximum Gasteiger partial charge on any atom is 0.426 e. The van der Waals surface area contributed by atoms with Gasteiger partial charge in [-0.2, -0.15) is 52.7 Å². The largest absolute Gasteiger partial charge is 0.426 e. The van der Waals surface area contributed by atoms with Crippen LogP contribution >= 0.6 is 0 Å². The summed E-state index contributed by atoms with van der Waals surface area (Å²) in [5.74, 6) is -2.62. The third-order valence-electron chi connectivity index (χ3n) is 7.56. The molecule has 0 amide bonds. The first-order chi connectivity index (χ1) is 15.1. The zero-order chi connectivity index (χ0) is 27.8. The molecule has 2 aliphatic carbocycles. The van der Waals surface area contributed by atoms with Gasteiger partial charge in [-0.05, 0) is 50.4 Å². The molecule has 1 N–H and O–H groups in total. The van der Waals surface area contributed by atoms with E-state index in [0.717, 1.165) is 0 Å². The number of halogens is 13. The Morgan fingerprint density at radius 1 is 0.771 bits per heavy atom. The molecular weight excluding hydrogens is 519 g/mol. The van der Waals surface area contributed by atoms with Gasteiger partial charge in [-0.15, -0.1) is 0 Å². The van der Waals surface area contributed by atoms with Crippen LogP contribution in [0.25, 0.3) is 0 Å². The van der Waals surface area contributed by atoms with Crippen LogP contribution in [-0.4, -0.2) is 52.3 Å². The van der Waals surface area contributed by atoms with Gasteiger partial charge in [-0.25, -0.2) is 4.39 Å². The highest BCUT2D eigenvalue weighted by Gasteiger charge is 2.78. The molecule has 35 heavy (non-hydrogen) atoms. The Bertz CT molecular complexity index is 750. The van der Waals surface area contributed by atoms with Gasteiger partial charge in [-0.3, -0.25) is 0 Å². The highest BCUT2D eigenvalue weighted by atomic mass is 19.4. The number of hydrogen-bond acceptors (Lipinski definition) is 2. The lowest BCUT2D eigenvalue weighted by molar-refractivity contribution is -0.422. The second-order valence-corrected chi connectivity index (χ2v) is 10.5. The second kappa shape index (κ2) is 8.26. The molecule has 208 valence electrons. The number of aliphatic hydroxyl groups is 1. The quantitative estimate of drug-likeness (QED) is 0.356. The van der Waals surface area contributed by atoms with Gasteiger partial charge in [0.25, 0.3) is 11.2 Å². The first kappa shape index (κ1) is 30.2. The number of ether oxygens (including phenoxy) is 1. The van der Waals surface area contributed by atoms with Gasteiger partial charge in [0.1, 0.15) is 5.67 Å². The molecule has 15 heteroatoms. The predicted molar refractivity (Wildman–Crippen MR) is 94.7 cm³/mol. The fourth-order valence-electron chi connectivity index (χ4n) is 5.71. The molecule has 5 atom stereocenters. The van der Waals surface area contributed by atoms with Crippen LogP contribution in [0.3, 0.4) is 0 Å². The Balaban J connectivity index is 2.57. The summed E-state index contributed by atoms with van der Waals surface area (Å²) in [7, 11) is 0. The molecule has 2 aliphatic rings. The fourth-order valence-corrected chi connectivity index (χ4v) is 5.71. The van der Waals surface area contributed by atoms with E-state index in [4.69, 9.17) is 0 Å². The topological polar surface area (TPSA) is 29.5 Å². The minimum atomic E-state index is -6.53. The van der Waals surface area contributed by atoms with Crippen LogP contribution in [0.15, 0.2) is 0 Å². The lowest BCUT2D eigenvalue weighted by Crippen LogP contribution is -2.67. The average molecular weight is 544 g/mol. The van der Waals surface area contributed by atoms with Crippen molar-refractivity contribution in [3.05, 3.63) is 0 Å². The Kier molecular flexibility index (Phi) is 7.13. The molecule has 0 aromatic heterocycles. The van der Waals surface area contributed by atoms with Crippen molar-refractivity contribution in [2.24, 2.45) is 23.7 Å². The van der Waals surface area contributed by atoms with Crippen molar-refractivity contribution in [1.29, 1.82) is 0 Å². The summed E-state index contributed by atoms with van der Waals surface area (Å²) in [5.41, 5.74) is -17.8. The van der Waals surface area contributed by atoms with E-state index in [2.05, 4.69) is 4.74 Å². The third kappa shape index (κ3) is 4.96. The van der Waals surface area contributed by atoms with E-state index in [-0.39, 0.29) is 26.2 Å². The normalized spacial score (nSPS) is 31.4. The molecule has 0 aromatic rings. The molecule has 0 heterocycles. The Morgan fingerprint density at radius 2 is 1.20 bits per heavy atom. The van der Waals surface area contributed by atoms with Gasteiger partial charge < -0.3 is 9.84 Å². The molecule has 2 nitrogen and oxygen atoms in total. The second-order valence-electron chi connectivity index (χ2n) is 10.5. The molecule has 0 saturated heterocycles. The van der Waals surface area contributed by atoms with Crippen molar-refractivity contribution < 1.29 is 66.9 Å². The third-order valence-corrected chi connectivity index (χ3v) is 7.56. The van der Waals surface area contributed by atoms with E-state index in [9.17, 15) is 57.8 Å². The van der Waals surface area contributed by atoms with Crippen molar-refractivity contribution in [3.8, 4) is 0 Å². The van der Waals surface area contributed by atoms with Crippen molar-refractivity contribution >= 4 is 0 Å². The minimum Gasteiger partial charge on any atom is -0.374 e. The van der Waals surface area contributed by atoms with Gasteiger partial charge in [0.15, 0.2) is 0 Å². The highest BCUT2D eigenvalue weighted by Crippen LogP contribution is 2.64. The van der Waals surface area contributed by atoms with E-state index in [0.29, 0.717) is 0 Å². The molecule has 5 unspecified atom stereocenters. The van der Waals surface area contributed by atoms with Gasteiger partial charge in [0.05, 0.1) is 5.60 Å². The Hall–Kier alpha value is -0.990. The molecule has 2 rings (SSSR count). The van der Waals surface area contributed by atoms with Crippen LogP contribution in [0.4, 0.5) is 57.1 Å². The zero-order valence-electron chi connectivity index (χ0n) is 18.9. The summed E-state index contributed by atoms with van der Waals surface area (Å²) in [6.07, 6.45) is -31.9. The Labute approximate surface area is 192 Å². The van der Waals surface area contributed by atoms with Crippen molar-refractivity contribution in [2.45, 2.75) is 101 Å². The lowest BCUT2D eigenvalue weighted by atomic mass is 9.69. The maximum absolute atomic E-state index is 15.8. The zero-order valence-corrected chi connectivity index (χ0v) is 18.9. The molecule has 0 aromatic carbocycles. The van der Waals surface area contributed by atoms with Crippen LogP contribution in [-0.2, 0) is 4.74 Å². The fraction of sp³-hybridized carbons (Fsp3) is 1.00. The van der Waals surface area contributed by atoms with E-state index in [1.165, 1.54) is 6.92 Å². The molecule has 0 radical (unpaired) electrons. The Morgan fingerprint density at radius 3 is 1.51 bits per heavy atom. The van der Waals surface area contributed by atoms with E-state index < -0.39 is 84.2 Å². The van der Waals surface area contributed by atoms with E-state index >= 15 is 4.39 Å². The minimum absolute atomic E-state index is 0.0179. The molecular formula is C20H25F13O2. The average Bonchev–Trinajstić information content (AvgIpc) is 3.05. The van der Waals surface area contributed by atoms with Gasteiger partial charge >= 0.3 is 24.7 Å². The molecule has 2 saturated carbocycles. The number of hydrogen-bond donors (Lipinski definition) is 1. The number of alkyl halides is 13. The van der Waals surface area contributed by atoms with E-state index in [1.54, 1.807) is 6.92 Å². The van der Waals surface area contributed by atoms with Crippen molar-refractivity contribution in [1.82, 2.24) is 0 Å². The SMILES string of the molecule is CC1C2CC(C1C)C(F)(CC(OC(C)(C)CC(O)(C(F)(F)F)C(F)(F)F)(C(F)(F)F)C(F)(F)F)C2. The summed E-state index contributed by atoms with van der Waals surface area (Å²) in [6, 6.07) is 0. The van der Waals surface area contributed by atoms with Crippen LogP contribution in [0.5, 0.6) is 0 Å². The number of fused-ring (bicyclic) bond motifs is 2. The van der Waals surface area contributed by atoms with E-state index in [1.807, 2.05) is 0 Å². The van der Waals surface area contributed by atoms with Crippen LogP contribution in [0.1, 0.15) is 53.4 Å². The number of rotatable bonds is 6. The highest BCUT2D eigenvalue weighted by molar-refractivity contribution is 5.13. The van der Waals surface area contributed by atoms with Crippen LogP contribution in [0, 0.1) is 23.7 Å². The van der Waals surface area contributed by atoms with Gasteiger partial charge in [-0.1, -0.05) is 13.8 Å². The molecule has 2 bridgehead atoms. The molecule has 0 aliphatic heterocycles. The van der Waals surface area contributed by atoms with Crippen molar-refractivity contribution in [2.75, 3.05) is 0 Å². The first-order valence-corrected chi connectivity index (χ1v) is 10.5. The maximum atomic E-state index is 15.8. The monoisotopic (exact) mass is 544 g/mol.